The van der Waals surface area contributed by atoms with Gasteiger partial charge in [-0.2, -0.15) is 0 Å². The van der Waals surface area contributed by atoms with Crippen molar-refractivity contribution in [3.8, 4) is 0 Å². The Morgan fingerprint density at radius 3 is 1.43 bits per heavy atom. The second kappa shape index (κ2) is 15.6. The van der Waals surface area contributed by atoms with Crippen LogP contribution in [0.15, 0.2) is 0 Å². The number of rotatable bonds is 0. The van der Waals surface area contributed by atoms with Gasteiger partial charge in [0.2, 0.25) is 0 Å². The maximum absolute atomic E-state index is 8.56. The molecule has 0 saturated carbocycles. The molecular weight excluding hydrogens is 151 g/mol. The normalized spacial score (nSPS) is 9.71. The molecule has 0 aliphatic carbocycles. The molecule has 0 aliphatic heterocycles. The third-order valence-corrected chi connectivity index (χ3v) is 0. The van der Waals surface area contributed by atoms with Gasteiger partial charge in [-0.15, -0.1) is 0 Å². The van der Waals surface area contributed by atoms with E-state index in [2.05, 4.69) is 0 Å². The van der Waals surface area contributed by atoms with Crippen LogP contribution >= 0.6 is 0 Å². The first-order valence-electron chi connectivity index (χ1n) is 0.716. The maximum atomic E-state index is 8.56. The summed E-state index contributed by atoms with van der Waals surface area (Å²) in [7, 11) is 0. The second-order valence-corrected chi connectivity index (χ2v) is 0.651. The molecule has 7 heavy (non-hydrogen) atoms. The summed E-state index contributed by atoms with van der Waals surface area (Å²) in [5, 5.41) is 12.0. The van der Waals surface area contributed by atoms with Gasteiger partial charge in [0.05, 0.1) is 11.4 Å². The molecule has 3 N–H and O–H groups in total. The van der Waals surface area contributed by atoms with Gasteiger partial charge in [-0.3, -0.25) is 10.5 Å². The van der Waals surface area contributed by atoms with Gasteiger partial charge < -0.3 is 9.11 Å². The summed E-state index contributed by atoms with van der Waals surface area (Å²) in [6, 6.07) is 0. The molecule has 0 aromatic rings. The van der Waals surface area contributed by atoms with E-state index >= 15 is 0 Å². The van der Waals surface area contributed by atoms with Crippen molar-refractivity contribution in [1.29, 1.82) is 0 Å². The topological polar surface area (TPSA) is 101 Å². The van der Waals surface area contributed by atoms with Gasteiger partial charge in [0.1, 0.15) is 0 Å². The van der Waals surface area contributed by atoms with Crippen molar-refractivity contribution in [2.75, 3.05) is 0 Å². The van der Waals surface area contributed by atoms with Crippen LogP contribution in [0.4, 0.5) is 0 Å². The van der Waals surface area contributed by atoms with Crippen LogP contribution in [0.3, 0.4) is 0 Å². The van der Waals surface area contributed by atoms with Crippen LogP contribution < -0.4 is 51.4 Å². The van der Waals surface area contributed by atoms with Crippen molar-refractivity contribution in [1.82, 2.24) is 0 Å². The average molecular weight is 154 g/mol. The molecule has 40 valence electrons. The first-order valence-corrected chi connectivity index (χ1v) is 1.75. The molecule has 0 fully saturated rings. The molecule has 0 aromatic heterocycles. The van der Waals surface area contributed by atoms with Gasteiger partial charge in [0.25, 0.3) is 0 Å². The molecule has 1 unspecified atom stereocenters. The molecule has 0 bridgehead atoms. The number of hydrogen-bond donors (Lipinski definition) is 3. The first kappa shape index (κ1) is 15.8. The van der Waals surface area contributed by atoms with Crippen molar-refractivity contribution in [3.05, 3.63) is 0 Å². The van der Waals surface area contributed by atoms with E-state index in [-0.39, 0.29) is 51.4 Å². The number of hydrogen-bond acceptors (Lipinski definition) is 4. The summed E-state index contributed by atoms with van der Waals surface area (Å²) in [5.74, 6) is 0. The third-order valence-electron chi connectivity index (χ3n) is 0. The Labute approximate surface area is 85.2 Å². The van der Waals surface area contributed by atoms with Gasteiger partial charge in [-0.05, 0) is 0 Å². The van der Waals surface area contributed by atoms with Crippen LogP contribution in [0.2, 0.25) is 0 Å². The summed E-state index contributed by atoms with van der Waals surface area (Å²) < 4.78 is 24.1. The van der Waals surface area contributed by atoms with E-state index in [4.69, 9.17) is 23.8 Å². The molecular formula is H3KO5S. The van der Waals surface area contributed by atoms with Gasteiger partial charge >= 0.3 is 51.4 Å². The fourth-order valence-electron chi connectivity index (χ4n) is 0. The molecule has 0 radical (unpaired) electrons. The zero-order valence-corrected chi connectivity index (χ0v) is 7.51. The Morgan fingerprint density at radius 2 is 1.43 bits per heavy atom. The van der Waals surface area contributed by atoms with E-state index in [9.17, 15) is 0 Å². The quantitative estimate of drug-likeness (QED) is 0.145. The van der Waals surface area contributed by atoms with Gasteiger partial charge in [0.15, 0.2) is 0 Å². The Bertz CT molecular complexity index is 31.1. The van der Waals surface area contributed by atoms with E-state index < -0.39 is 11.4 Å². The monoisotopic (exact) mass is 154 g/mol. The van der Waals surface area contributed by atoms with Gasteiger partial charge in [0, 0.05) is 0 Å². The predicted octanol–water partition coefficient (Wildman–Crippen LogP) is -3.64. The fourth-order valence-corrected chi connectivity index (χ4v) is 0. The van der Waals surface area contributed by atoms with Crippen LogP contribution in [0.25, 0.3) is 0 Å². The predicted molar refractivity (Wildman–Crippen MR) is 16.8 cm³/mol. The molecule has 0 rings (SSSR count). The molecule has 0 amide bonds. The maximum Gasteiger partial charge on any atom is 1.00 e. The zero-order chi connectivity index (χ0) is 5.58. The van der Waals surface area contributed by atoms with Crippen LogP contribution in [0, 0.1) is 0 Å². The molecule has 0 heterocycles. The molecule has 0 saturated heterocycles. The molecule has 0 spiro atoms. The van der Waals surface area contributed by atoms with Gasteiger partial charge in [-0.1, -0.05) is 0 Å². The molecule has 5 nitrogen and oxygen atoms in total. The SMILES string of the molecule is O=S([O-])O.OO.[K+]. The van der Waals surface area contributed by atoms with Crippen LogP contribution in [0.1, 0.15) is 0 Å². The van der Waals surface area contributed by atoms with Crippen molar-refractivity contribution in [3.63, 3.8) is 0 Å². The summed E-state index contributed by atoms with van der Waals surface area (Å²) >= 11 is -2.86. The zero-order valence-electron chi connectivity index (χ0n) is 3.57. The Hall–Kier alpha value is 1.63. The first-order chi connectivity index (χ1) is 2.73. The second-order valence-electron chi connectivity index (χ2n) is 0.217. The van der Waals surface area contributed by atoms with Crippen molar-refractivity contribution in [2.24, 2.45) is 0 Å². The summed E-state index contributed by atoms with van der Waals surface area (Å²) in [5.41, 5.74) is 0. The standard InChI is InChI=1S/K.H2O3S.H2O2/c;1-4(2)3;1-2/h;(H2,1,2,3);1-2H/q+1;;/p-1. The van der Waals surface area contributed by atoms with Crippen LogP contribution in [-0.2, 0) is 11.4 Å². The van der Waals surface area contributed by atoms with Crippen LogP contribution in [0.5, 0.6) is 0 Å². The van der Waals surface area contributed by atoms with E-state index in [1.807, 2.05) is 0 Å². The van der Waals surface area contributed by atoms with Crippen molar-refractivity contribution >= 4 is 11.4 Å². The molecule has 1 atom stereocenters. The summed E-state index contributed by atoms with van der Waals surface area (Å²) in [6.07, 6.45) is 0. The largest absolute Gasteiger partial charge is 1.00 e. The van der Waals surface area contributed by atoms with Crippen LogP contribution in [-0.4, -0.2) is 23.8 Å². The smallest absolute Gasteiger partial charge is 0.750 e. The minimum absolute atomic E-state index is 0. The van der Waals surface area contributed by atoms with E-state index in [0.717, 1.165) is 0 Å². The molecule has 7 heteroatoms. The van der Waals surface area contributed by atoms with E-state index in [1.54, 1.807) is 0 Å². The minimum Gasteiger partial charge on any atom is -0.750 e. The van der Waals surface area contributed by atoms with Gasteiger partial charge in [-0.25, -0.2) is 4.21 Å². The minimum atomic E-state index is -2.86. The Morgan fingerprint density at radius 1 is 1.43 bits per heavy atom. The van der Waals surface area contributed by atoms with E-state index in [1.165, 1.54) is 0 Å². The van der Waals surface area contributed by atoms with Crippen molar-refractivity contribution < 1.29 is 75.2 Å². The van der Waals surface area contributed by atoms with Crippen molar-refractivity contribution in [2.45, 2.75) is 0 Å². The Kier molecular flexibility index (Phi) is 35.4. The van der Waals surface area contributed by atoms with E-state index in [0.29, 0.717) is 0 Å². The summed E-state index contributed by atoms with van der Waals surface area (Å²) in [4.78, 5) is 0. The molecule has 0 aliphatic rings. The third kappa shape index (κ3) is 91.3. The fraction of sp³-hybridized carbons (Fsp3) is 0. The average Bonchev–Trinajstić information content (AvgIpc) is 1.41. The Balaban J connectivity index is -0.0000000480. The summed E-state index contributed by atoms with van der Waals surface area (Å²) in [6.45, 7) is 0. The molecule has 0 aromatic carbocycles.